The van der Waals surface area contributed by atoms with E-state index in [0.717, 1.165) is 0 Å². The van der Waals surface area contributed by atoms with Crippen LogP contribution < -0.4 is 11.1 Å². The summed E-state index contributed by atoms with van der Waals surface area (Å²) in [5, 5.41) is 47.8. The van der Waals surface area contributed by atoms with E-state index in [1.165, 1.54) is 11.0 Å². The fourth-order valence-corrected chi connectivity index (χ4v) is 6.68. The third kappa shape index (κ3) is 4.80. The van der Waals surface area contributed by atoms with Crippen LogP contribution in [0.2, 0.25) is 0 Å². The lowest BCUT2D eigenvalue weighted by Crippen LogP contribution is -2.65. The number of Topliss-reactive ketones (excluding diaryl/α,β-unsaturated/α-hetero) is 2. The lowest BCUT2D eigenvalue weighted by atomic mass is 9.57. The maximum atomic E-state index is 14.0. The molecule has 0 spiro atoms. The predicted molar refractivity (Wildman–Crippen MR) is 159 cm³/mol. The zero-order chi connectivity index (χ0) is 32.2. The lowest BCUT2D eigenvalue weighted by molar-refractivity contribution is -0.153. The van der Waals surface area contributed by atoms with Gasteiger partial charge >= 0.3 is 6.09 Å². The number of aliphatic hydroxyl groups excluding tert-OH is 2. The molecule has 5 rings (SSSR count). The number of ketones is 2. The Bertz CT molecular complexity index is 1660. The molecule has 232 valence electrons. The average molecular weight is 606 g/mol. The Morgan fingerprint density at radius 2 is 1.84 bits per heavy atom. The number of nitrogens with two attached hydrogens (primary N) is 1. The molecule has 0 radical (unpaired) electrons. The largest absolute Gasteiger partial charge is 0.508 e. The van der Waals surface area contributed by atoms with E-state index < -0.39 is 64.1 Å². The minimum absolute atomic E-state index is 0.0199. The molecule has 0 bridgehead atoms. The van der Waals surface area contributed by atoms with Crippen LogP contribution in [0.3, 0.4) is 0 Å². The Morgan fingerprint density at radius 3 is 2.48 bits per heavy atom. The fraction of sp³-hybridized carbons (Fsp3) is 0.375. The molecule has 0 aromatic heterocycles. The second kappa shape index (κ2) is 11.1. The summed E-state index contributed by atoms with van der Waals surface area (Å²) in [5.41, 5.74) is 3.77. The minimum atomic E-state index is -2.71. The number of aromatic hydroxyl groups is 1. The number of anilines is 1. The number of nitrogens with zero attached hydrogens (tertiary/aromatic N) is 1. The Labute approximate surface area is 253 Å². The molecule has 2 aromatic rings. The molecule has 1 saturated carbocycles. The minimum Gasteiger partial charge on any atom is -0.508 e. The van der Waals surface area contributed by atoms with Crippen LogP contribution in [0.25, 0.3) is 16.9 Å². The molecule has 1 fully saturated rings. The van der Waals surface area contributed by atoms with Gasteiger partial charge in [-0.15, -0.1) is 0 Å². The molecule has 4 unspecified atom stereocenters. The number of rotatable bonds is 6. The van der Waals surface area contributed by atoms with Crippen molar-refractivity contribution in [1.29, 1.82) is 0 Å². The van der Waals surface area contributed by atoms with E-state index in [0.29, 0.717) is 22.4 Å². The zero-order valence-corrected chi connectivity index (χ0v) is 24.7. The zero-order valence-electron chi connectivity index (χ0n) is 24.7. The average Bonchev–Trinajstić information content (AvgIpc) is 2.93. The van der Waals surface area contributed by atoms with Crippen LogP contribution in [0.1, 0.15) is 31.4 Å². The summed E-state index contributed by atoms with van der Waals surface area (Å²) in [6.07, 6.45) is -0.507. The van der Waals surface area contributed by atoms with Gasteiger partial charge in [0.05, 0.1) is 18.2 Å². The number of phenols is 1. The van der Waals surface area contributed by atoms with Crippen molar-refractivity contribution >= 4 is 35.0 Å². The number of benzene rings is 2. The molecule has 0 saturated heterocycles. The van der Waals surface area contributed by atoms with Crippen LogP contribution in [-0.2, 0) is 25.5 Å². The number of aliphatic hydroxyl groups is 3. The van der Waals surface area contributed by atoms with Gasteiger partial charge in [-0.2, -0.15) is 0 Å². The second-order valence-corrected chi connectivity index (χ2v) is 12.1. The van der Waals surface area contributed by atoms with Crippen molar-refractivity contribution in [2.45, 2.75) is 38.3 Å². The number of likely N-dealkylation sites (N-methyl/N-ethyl adjacent to an activating group) is 1. The highest BCUT2D eigenvalue weighted by Crippen LogP contribution is 2.53. The van der Waals surface area contributed by atoms with Crippen LogP contribution in [0, 0.1) is 17.8 Å². The quantitative estimate of drug-likeness (QED) is 0.266. The molecule has 3 aliphatic carbocycles. The fourth-order valence-electron chi connectivity index (χ4n) is 6.68. The van der Waals surface area contributed by atoms with Crippen molar-refractivity contribution in [3.8, 4) is 16.9 Å². The molecule has 3 aliphatic rings. The number of phenolic OH excluding ortho intramolecular Hbond substituents is 1. The Morgan fingerprint density at radius 1 is 1.14 bits per heavy atom. The van der Waals surface area contributed by atoms with Crippen LogP contribution in [-0.4, -0.2) is 81.2 Å². The summed E-state index contributed by atoms with van der Waals surface area (Å²) in [6, 6.07) is 8.75. The van der Waals surface area contributed by atoms with Crippen LogP contribution >= 0.6 is 0 Å². The van der Waals surface area contributed by atoms with Gasteiger partial charge in [0.1, 0.15) is 22.8 Å². The first-order valence-electron chi connectivity index (χ1n) is 14.2. The Balaban J connectivity index is 1.61. The van der Waals surface area contributed by atoms with E-state index in [1.54, 1.807) is 44.4 Å². The van der Waals surface area contributed by atoms with Crippen LogP contribution in [0.5, 0.6) is 5.75 Å². The van der Waals surface area contributed by atoms with Gasteiger partial charge in [0, 0.05) is 17.2 Å². The molecule has 0 aliphatic heterocycles. The second-order valence-electron chi connectivity index (χ2n) is 12.1. The van der Waals surface area contributed by atoms with Gasteiger partial charge in [0.25, 0.3) is 5.91 Å². The molecule has 12 nitrogen and oxygen atoms in total. The molecule has 44 heavy (non-hydrogen) atoms. The predicted octanol–water partition coefficient (Wildman–Crippen LogP) is 2.84. The maximum absolute atomic E-state index is 14.0. The number of hydrogen-bond donors (Lipinski definition) is 6. The number of ether oxygens (including phenoxy) is 1. The smallest absolute Gasteiger partial charge is 0.411 e. The summed E-state index contributed by atoms with van der Waals surface area (Å²) in [5.74, 6) is -6.94. The highest BCUT2D eigenvalue weighted by Gasteiger charge is 2.64. The van der Waals surface area contributed by atoms with Gasteiger partial charge in [-0.25, -0.2) is 4.79 Å². The third-order valence-electron chi connectivity index (χ3n) is 8.57. The normalized spacial score (nSPS) is 24.7. The Hall–Kier alpha value is -4.68. The molecule has 12 heteroatoms. The third-order valence-corrected chi connectivity index (χ3v) is 8.57. The van der Waals surface area contributed by atoms with Crippen LogP contribution in [0.15, 0.2) is 53.3 Å². The first-order valence-corrected chi connectivity index (χ1v) is 14.2. The first kappa shape index (κ1) is 30.8. The number of nitrogens with one attached hydrogen (secondary N) is 1. The van der Waals surface area contributed by atoms with Gasteiger partial charge < -0.3 is 30.9 Å². The van der Waals surface area contributed by atoms with Crippen molar-refractivity contribution in [3.63, 3.8) is 0 Å². The highest BCUT2D eigenvalue weighted by molar-refractivity contribution is 6.24. The summed E-state index contributed by atoms with van der Waals surface area (Å²) in [4.78, 5) is 53.2. The number of hydrogen-bond acceptors (Lipinski definition) is 10. The van der Waals surface area contributed by atoms with Crippen molar-refractivity contribution in [2.24, 2.45) is 23.5 Å². The highest BCUT2D eigenvalue weighted by atomic mass is 16.5. The van der Waals surface area contributed by atoms with Gasteiger partial charge in [0.2, 0.25) is 5.78 Å². The van der Waals surface area contributed by atoms with Crippen molar-refractivity contribution < 1.29 is 44.3 Å². The lowest BCUT2D eigenvalue weighted by Gasteiger charge is -2.50. The molecule has 4 atom stereocenters. The molecular formula is C32H35N3O9. The van der Waals surface area contributed by atoms with Crippen LogP contribution in [0.4, 0.5) is 10.5 Å². The number of amides is 2. The monoisotopic (exact) mass is 605 g/mol. The summed E-state index contributed by atoms with van der Waals surface area (Å²) in [7, 11) is 3.09. The van der Waals surface area contributed by atoms with Gasteiger partial charge in [0.15, 0.2) is 11.4 Å². The number of fused-ring (bicyclic) bond motifs is 3. The van der Waals surface area contributed by atoms with E-state index in [4.69, 9.17) is 10.5 Å². The first-order chi connectivity index (χ1) is 20.7. The molecular weight excluding hydrogens is 570 g/mol. The van der Waals surface area contributed by atoms with E-state index in [-0.39, 0.29) is 42.3 Å². The molecule has 2 amide bonds. The number of carbonyl (C=O) groups is 4. The SMILES string of the molecule is CC(C)COC(=O)Nc1cccc(-c2ccc(O)c3c2CC2CC4C(N(C)C)C(=O)C(C(N)=O)=C(O)C4(O)C(=O)C2=C3O)c1. The standard InChI is InChI=1S/C32H35N3O9/c1-14(2)13-44-31(42)34-17-7-5-6-15(10-17)18-8-9-21(36)23-19(18)11-16-12-20-25(35(3)4)27(38)24(30(33)41)29(40)32(20,43)28(39)22(16)26(23)37/h5-10,14,16,20,25,36-37,40,43H,11-13H2,1-4H3,(H2,33,41)(H,34,42). The van der Waals surface area contributed by atoms with E-state index in [1.807, 2.05) is 13.8 Å². The van der Waals surface area contributed by atoms with Crippen molar-refractivity contribution in [1.82, 2.24) is 4.90 Å². The number of carbonyl (C=O) groups excluding carboxylic acids is 4. The van der Waals surface area contributed by atoms with Gasteiger partial charge in [-0.1, -0.05) is 32.0 Å². The Kier molecular flexibility index (Phi) is 7.77. The topological polar surface area (TPSA) is 200 Å². The summed E-state index contributed by atoms with van der Waals surface area (Å²) >= 11 is 0. The van der Waals surface area contributed by atoms with Crippen molar-refractivity contribution in [2.75, 3.05) is 26.0 Å². The summed E-state index contributed by atoms with van der Waals surface area (Å²) in [6.45, 7) is 4.09. The molecule has 7 N–H and O–H groups in total. The van der Waals surface area contributed by atoms with Crippen molar-refractivity contribution in [3.05, 3.63) is 64.4 Å². The van der Waals surface area contributed by atoms with Gasteiger partial charge in [-0.3, -0.25) is 24.6 Å². The summed E-state index contributed by atoms with van der Waals surface area (Å²) < 4.78 is 5.21. The van der Waals surface area contributed by atoms with E-state index in [9.17, 15) is 39.6 Å². The van der Waals surface area contributed by atoms with Gasteiger partial charge in [-0.05, 0) is 73.7 Å². The maximum Gasteiger partial charge on any atom is 0.411 e. The molecule has 2 aromatic carbocycles. The molecule has 0 heterocycles. The van der Waals surface area contributed by atoms with E-state index in [2.05, 4.69) is 5.32 Å². The number of primary amides is 1. The van der Waals surface area contributed by atoms with E-state index >= 15 is 0 Å².